The molecule has 0 aliphatic carbocycles. The second-order valence-electron chi connectivity index (χ2n) is 4.73. The summed E-state index contributed by atoms with van der Waals surface area (Å²) in [5.74, 6) is -0.299. The monoisotopic (exact) mass is 268 g/mol. The van der Waals surface area contributed by atoms with Crippen molar-refractivity contribution in [1.82, 2.24) is 10.3 Å². The van der Waals surface area contributed by atoms with Crippen LogP contribution in [0.1, 0.15) is 31.4 Å². The molecule has 0 aromatic carbocycles. The number of pyridine rings is 1. The van der Waals surface area contributed by atoms with Crippen molar-refractivity contribution in [1.29, 1.82) is 0 Å². The number of aromatic nitrogens is 1. The molecule has 0 spiro atoms. The van der Waals surface area contributed by atoms with Gasteiger partial charge in [0.2, 0.25) is 0 Å². The number of likely N-dealkylation sites (N-methyl/N-ethyl adjacent to an activating group) is 1. The topological polar surface area (TPSA) is 43.4 Å². The zero-order valence-electron chi connectivity index (χ0n) is 11.5. The Bertz CT molecular complexity index is 403. The first-order valence-corrected chi connectivity index (χ1v) is 6.72. The third-order valence-electron chi connectivity index (χ3n) is 3.70. The number of ether oxygens (including phenoxy) is 2. The van der Waals surface area contributed by atoms with Crippen LogP contribution in [0.2, 0.25) is 0 Å². The van der Waals surface area contributed by atoms with E-state index in [1.807, 2.05) is 14.0 Å². The Kier molecular flexibility index (Phi) is 4.85. The summed E-state index contributed by atoms with van der Waals surface area (Å²) in [5, 5.41) is 3.21. The Hall–Kier alpha value is -1.04. The smallest absolute Gasteiger partial charge is 0.146 e. The normalized spacial score (nSPS) is 20.2. The maximum absolute atomic E-state index is 14.0. The summed E-state index contributed by atoms with van der Waals surface area (Å²) >= 11 is 0. The van der Waals surface area contributed by atoms with E-state index in [-0.39, 0.29) is 11.9 Å². The van der Waals surface area contributed by atoms with Crippen molar-refractivity contribution in [2.45, 2.75) is 31.4 Å². The molecule has 106 valence electrons. The fourth-order valence-electron chi connectivity index (χ4n) is 2.84. The van der Waals surface area contributed by atoms with Crippen LogP contribution >= 0.6 is 0 Å². The van der Waals surface area contributed by atoms with Crippen LogP contribution in [-0.2, 0) is 9.47 Å². The lowest BCUT2D eigenvalue weighted by molar-refractivity contribution is -0.127. The molecular formula is C14H21FN2O2. The lowest BCUT2D eigenvalue weighted by Crippen LogP contribution is -2.49. The van der Waals surface area contributed by atoms with Crippen LogP contribution in [0.5, 0.6) is 0 Å². The highest BCUT2D eigenvalue weighted by Gasteiger charge is 2.42. The van der Waals surface area contributed by atoms with Crippen LogP contribution in [0.25, 0.3) is 0 Å². The summed E-state index contributed by atoms with van der Waals surface area (Å²) in [6.07, 6.45) is 4.38. The van der Waals surface area contributed by atoms with Gasteiger partial charge in [-0.2, -0.15) is 0 Å². The van der Waals surface area contributed by atoms with Crippen LogP contribution in [0.15, 0.2) is 18.5 Å². The molecule has 0 amide bonds. The van der Waals surface area contributed by atoms with Crippen molar-refractivity contribution < 1.29 is 13.9 Å². The highest BCUT2D eigenvalue weighted by Crippen LogP contribution is 2.38. The lowest BCUT2D eigenvalue weighted by atomic mass is 9.82. The van der Waals surface area contributed by atoms with E-state index in [0.717, 1.165) is 12.8 Å². The maximum Gasteiger partial charge on any atom is 0.146 e. The Labute approximate surface area is 113 Å². The van der Waals surface area contributed by atoms with Gasteiger partial charge in [0, 0.05) is 44.4 Å². The van der Waals surface area contributed by atoms with Crippen molar-refractivity contribution >= 4 is 0 Å². The highest BCUT2D eigenvalue weighted by molar-refractivity contribution is 5.22. The van der Waals surface area contributed by atoms with Gasteiger partial charge in [0.05, 0.1) is 17.8 Å². The van der Waals surface area contributed by atoms with Gasteiger partial charge >= 0.3 is 0 Å². The molecule has 5 heteroatoms. The molecule has 1 aromatic heterocycles. The number of hydrogen-bond donors (Lipinski definition) is 1. The van der Waals surface area contributed by atoms with Crippen LogP contribution < -0.4 is 5.32 Å². The minimum atomic E-state index is -0.413. The molecule has 0 bridgehead atoms. The van der Waals surface area contributed by atoms with Gasteiger partial charge in [-0.1, -0.05) is 0 Å². The average molecular weight is 268 g/mol. The molecule has 1 saturated heterocycles. The quantitative estimate of drug-likeness (QED) is 0.888. The fraction of sp³-hybridized carbons (Fsp3) is 0.643. The van der Waals surface area contributed by atoms with E-state index < -0.39 is 5.60 Å². The molecule has 1 aliphatic heterocycles. The van der Waals surface area contributed by atoms with E-state index in [9.17, 15) is 4.39 Å². The van der Waals surface area contributed by atoms with Gasteiger partial charge in [-0.25, -0.2) is 4.39 Å². The fourth-order valence-corrected chi connectivity index (χ4v) is 2.84. The predicted molar refractivity (Wildman–Crippen MR) is 70.4 cm³/mol. The molecule has 0 radical (unpaired) electrons. The predicted octanol–water partition coefficient (Wildman–Crippen LogP) is 2.07. The molecule has 2 heterocycles. The minimum absolute atomic E-state index is 0.195. The summed E-state index contributed by atoms with van der Waals surface area (Å²) < 4.78 is 25.4. The molecule has 19 heavy (non-hydrogen) atoms. The first kappa shape index (κ1) is 14.4. The zero-order valence-corrected chi connectivity index (χ0v) is 11.5. The van der Waals surface area contributed by atoms with Crippen molar-refractivity contribution in [3.63, 3.8) is 0 Å². The number of nitrogens with zero attached hydrogens (tertiary/aromatic N) is 1. The van der Waals surface area contributed by atoms with Gasteiger partial charge in [-0.3, -0.25) is 4.98 Å². The van der Waals surface area contributed by atoms with Crippen LogP contribution in [0, 0.1) is 5.82 Å². The Morgan fingerprint density at radius 3 is 2.84 bits per heavy atom. The number of hydrogen-bond acceptors (Lipinski definition) is 4. The Morgan fingerprint density at radius 1 is 1.53 bits per heavy atom. The summed E-state index contributed by atoms with van der Waals surface area (Å²) in [6, 6.07) is 1.52. The largest absolute Gasteiger partial charge is 0.381 e. The molecule has 1 fully saturated rings. The molecule has 1 aliphatic rings. The minimum Gasteiger partial charge on any atom is -0.381 e. The van der Waals surface area contributed by atoms with Crippen molar-refractivity contribution in [2.75, 3.05) is 26.9 Å². The summed E-state index contributed by atoms with van der Waals surface area (Å²) in [6.45, 7) is 3.85. The van der Waals surface area contributed by atoms with Crippen LogP contribution in [0.3, 0.4) is 0 Å². The molecule has 1 unspecified atom stereocenters. The standard InChI is InChI=1S/C14H21FN2O2/c1-3-19-14(5-8-18-9-6-14)13(16-2)11-4-7-17-10-12(11)15/h4,7,10,13,16H,3,5-6,8-9H2,1-2H3. The molecule has 2 rings (SSSR count). The van der Waals surface area contributed by atoms with E-state index in [1.54, 1.807) is 12.3 Å². The molecule has 0 saturated carbocycles. The zero-order chi connectivity index (χ0) is 13.7. The number of halogens is 1. The number of rotatable bonds is 5. The van der Waals surface area contributed by atoms with Gasteiger partial charge in [0.1, 0.15) is 5.82 Å². The van der Waals surface area contributed by atoms with Crippen LogP contribution in [0.4, 0.5) is 4.39 Å². The second-order valence-corrected chi connectivity index (χ2v) is 4.73. The van der Waals surface area contributed by atoms with E-state index in [2.05, 4.69) is 10.3 Å². The summed E-state index contributed by atoms with van der Waals surface area (Å²) in [4.78, 5) is 3.81. The molecule has 4 nitrogen and oxygen atoms in total. The molecule has 1 atom stereocenters. The Balaban J connectivity index is 2.34. The van der Waals surface area contributed by atoms with Crippen molar-refractivity contribution in [3.8, 4) is 0 Å². The van der Waals surface area contributed by atoms with Gasteiger partial charge < -0.3 is 14.8 Å². The van der Waals surface area contributed by atoms with Gasteiger partial charge in [-0.05, 0) is 20.0 Å². The van der Waals surface area contributed by atoms with Gasteiger partial charge in [0.15, 0.2) is 0 Å². The lowest BCUT2D eigenvalue weighted by Gasteiger charge is -2.43. The summed E-state index contributed by atoms with van der Waals surface area (Å²) in [5.41, 5.74) is 0.192. The molecule has 1 aromatic rings. The Morgan fingerprint density at radius 2 is 2.26 bits per heavy atom. The van der Waals surface area contributed by atoms with Crippen molar-refractivity contribution in [3.05, 3.63) is 29.8 Å². The van der Waals surface area contributed by atoms with E-state index in [4.69, 9.17) is 9.47 Å². The highest BCUT2D eigenvalue weighted by atomic mass is 19.1. The van der Waals surface area contributed by atoms with Gasteiger partial charge in [0.25, 0.3) is 0 Å². The van der Waals surface area contributed by atoms with E-state index in [1.165, 1.54) is 6.20 Å². The van der Waals surface area contributed by atoms with Crippen LogP contribution in [-0.4, -0.2) is 37.5 Å². The SMILES string of the molecule is CCOC1(C(NC)c2ccncc2F)CCOCC1. The number of nitrogens with one attached hydrogen (secondary N) is 1. The average Bonchev–Trinajstić information content (AvgIpc) is 2.43. The molecular weight excluding hydrogens is 247 g/mol. The maximum atomic E-state index is 14.0. The first-order valence-electron chi connectivity index (χ1n) is 6.72. The summed E-state index contributed by atoms with van der Waals surface area (Å²) in [7, 11) is 1.83. The molecule has 1 N–H and O–H groups in total. The second kappa shape index (κ2) is 6.41. The van der Waals surface area contributed by atoms with Gasteiger partial charge in [-0.15, -0.1) is 0 Å². The van der Waals surface area contributed by atoms with Crippen molar-refractivity contribution in [2.24, 2.45) is 0 Å². The first-order chi connectivity index (χ1) is 9.23. The van der Waals surface area contributed by atoms with E-state index >= 15 is 0 Å². The third-order valence-corrected chi connectivity index (χ3v) is 3.70. The third kappa shape index (κ3) is 2.94. The van der Waals surface area contributed by atoms with E-state index in [0.29, 0.717) is 25.4 Å².